The van der Waals surface area contributed by atoms with Gasteiger partial charge in [0, 0.05) is 55.0 Å². The minimum absolute atomic E-state index is 0.467. The third-order valence-electron chi connectivity index (χ3n) is 4.95. The van der Waals surface area contributed by atoms with Crippen molar-refractivity contribution in [3.05, 3.63) is 21.9 Å². The van der Waals surface area contributed by atoms with Crippen LogP contribution in [-0.2, 0) is 16.0 Å². The number of ether oxygens (including phenoxy) is 2. The third kappa shape index (κ3) is 5.41. The van der Waals surface area contributed by atoms with Crippen LogP contribution in [0.1, 0.15) is 16.2 Å². The van der Waals surface area contributed by atoms with Crippen LogP contribution < -0.4 is 10.6 Å². The lowest BCUT2D eigenvalue weighted by Gasteiger charge is -2.37. The van der Waals surface area contributed by atoms with Crippen molar-refractivity contribution >= 4 is 17.3 Å². The van der Waals surface area contributed by atoms with E-state index in [-0.39, 0.29) is 0 Å². The molecule has 0 aliphatic carbocycles. The molecule has 7 heteroatoms. The fraction of sp³-hybridized carbons (Fsp3) is 0.722. The quantitative estimate of drug-likeness (QED) is 0.590. The number of thiophene rings is 1. The molecule has 0 radical (unpaired) electrons. The van der Waals surface area contributed by atoms with Crippen molar-refractivity contribution in [2.75, 3.05) is 53.1 Å². The number of aryl methyl sites for hydroxylation is 1. The van der Waals surface area contributed by atoms with Crippen LogP contribution in [0.3, 0.4) is 0 Å². The molecule has 0 spiro atoms. The highest BCUT2D eigenvalue weighted by Gasteiger charge is 2.31. The van der Waals surface area contributed by atoms with Gasteiger partial charge < -0.3 is 20.1 Å². The summed E-state index contributed by atoms with van der Waals surface area (Å²) in [6.45, 7) is 9.25. The van der Waals surface area contributed by atoms with Crippen molar-refractivity contribution in [2.24, 2.45) is 10.9 Å². The van der Waals surface area contributed by atoms with Gasteiger partial charge in [0.25, 0.3) is 0 Å². The van der Waals surface area contributed by atoms with Gasteiger partial charge in [0.15, 0.2) is 5.96 Å². The van der Waals surface area contributed by atoms with Crippen LogP contribution in [0, 0.1) is 12.8 Å². The van der Waals surface area contributed by atoms with Crippen molar-refractivity contribution in [1.82, 2.24) is 15.5 Å². The van der Waals surface area contributed by atoms with Gasteiger partial charge in [-0.25, -0.2) is 0 Å². The van der Waals surface area contributed by atoms with E-state index in [2.05, 4.69) is 39.6 Å². The molecule has 6 nitrogen and oxygen atoms in total. The van der Waals surface area contributed by atoms with E-state index in [1.165, 1.54) is 9.75 Å². The molecule has 1 aromatic heterocycles. The molecular formula is C18H30N4O2S. The zero-order chi connectivity index (χ0) is 17.5. The molecule has 2 aliphatic heterocycles. The Morgan fingerprint density at radius 2 is 2.12 bits per heavy atom. The van der Waals surface area contributed by atoms with Crippen molar-refractivity contribution in [3.8, 4) is 0 Å². The molecular weight excluding hydrogens is 336 g/mol. The highest BCUT2D eigenvalue weighted by atomic mass is 32.1. The summed E-state index contributed by atoms with van der Waals surface area (Å²) in [5.74, 6) is 1.45. The number of nitrogens with zero attached hydrogens (tertiary/aromatic N) is 2. The lowest BCUT2D eigenvalue weighted by atomic mass is 9.97. The first-order valence-electron chi connectivity index (χ1n) is 9.15. The topological polar surface area (TPSA) is 58.1 Å². The fourth-order valence-corrected chi connectivity index (χ4v) is 4.36. The Morgan fingerprint density at radius 1 is 1.28 bits per heavy atom. The number of guanidine groups is 1. The lowest BCUT2D eigenvalue weighted by molar-refractivity contribution is 0.00246. The molecule has 140 valence electrons. The predicted octanol–water partition coefficient (Wildman–Crippen LogP) is 1.46. The first kappa shape index (κ1) is 18.6. The lowest BCUT2D eigenvalue weighted by Crippen LogP contribution is -2.53. The normalized spacial score (nSPS) is 23.6. The third-order valence-corrected chi connectivity index (χ3v) is 5.95. The maximum atomic E-state index is 5.64. The fourth-order valence-electron chi connectivity index (χ4n) is 3.53. The number of nitrogens with one attached hydrogen (secondary N) is 2. The Bertz CT molecular complexity index is 551. The van der Waals surface area contributed by atoms with E-state index in [4.69, 9.17) is 9.47 Å². The molecule has 1 aromatic rings. The molecule has 25 heavy (non-hydrogen) atoms. The average Bonchev–Trinajstić information content (AvgIpc) is 3.31. The second-order valence-corrected chi connectivity index (χ2v) is 8.03. The Kier molecular flexibility index (Phi) is 7.10. The highest BCUT2D eigenvalue weighted by Crippen LogP contribution is 2.22. The first-order valence-corrected chi connectivity index (χ1v) is 9.97. The number of hydrogen-bond acceptors (Lipinski definition) is 5. The molecule has 2 saturated heterocycles. The summed E-state index contributed by atoms with van der Waals surface area (Å²) < 4.78 is 11.2. The number of aliphatic imine (C=N–C) groups is 1. The highest BCUT2D eigenvalue weighted by molar-refractivity contribution is 7.11. The van der Waals surface area contributed by atoms with Gasteiger partial charge in [0.1, 0.15) is 0 Å². The maximum absolute atomic E-state index is 5.64. The maximum Gasteiger partial charge on any atom is 0.191 e. The summed E-state index contributed by atoms with van der Waals surface area (Å²) in [6, 6.07) is 4.80. The average molecular weight is 367 g/mol. The zero-order valence-electron chi connectivity index (χ0n) is 15.3. The van der Waals surface area contributed by atoms with E-state index in [0.717, 1.165) is 65.0 Å². The van der Waals surface area contributed by atoms with Crippen LogP contribution in [0.15, 0.2) is 17.1 Å². The van der Waals surface area contributed by atoms with E-state index < -0.39 is 0 Å². The number of hydrogen-bond donors (Lipinski definition) is 2. The first-order chi connectivity index (χ1) is 12.3. The molecule has 0 bridgehead atoms. The molecule has 2 unspecified atom stereocenters. The van der Waals surface area contributed by atoms with Crippen LogP contribution in [-0.4, -0.2) is 70.0 Å². The van der Waals surface area contributed by atoms with Gasteiger partial charge in [-0.15, -0.1) is 11.3 Å². The summed E-state index contributed by atoms with van der Waals surface area (Å²) in [7, 11) is 1.83. The van der Waals surface area contributed by atoms with Gasteiger partial charge in [0.2, 0.25) is 0 Å². The molecule has 2 N–H and O–H groups in total. The van der Waals surface area contributed by atoms with Crippen LogP contribution in [0.4, 0.5) is 0 Å². The van der Waals surface area contributed by atoms with Gasteiger partial charge >= 0.3 is 0 Å². The Balaban J connectivity index is 1.52. The smallest absolute Gasteiger partial charge is 0.191 e. The molecule has 2 atom stereocenters. The van der Waals surface area contributed by atoms with Crippen LogP contribution in [0.2, 0.25) is 0 Å². The van der Waals surface area contributed by atoms with E-state index in [1.807, 2.05) is 18.4 Å². The number of rotatable bonds is 6. The van der Waals surface area contributed by atoms with Gasteiger partial charge in [-0.3, -0.25) is 9.89 Å². The van der Waals surface area contributed by atoms with Crippen LogP contribution >= 0.6 is 11.3 Å². The van der Waals surface area contributed by atoms with Crippen LogP contribution in [0.25, 0.3) is 0 Å². The Labute approximate surface area is 154 Å². The standard InChI is InChI=1S/C18H30N4O2S/c1-14-3-4-16(25-14)11-20-18(19-2)21-12-17(15-5-8-24-13-15)22-6-9-23-10-7-22/h3-4,15,17H,5-13H2,1-2H3,(H2,19,20,21). The Hall–Kier alpha value is -1.15. The van der Waals surface area contributed by atoms with E-state index >= 15 is 0 Å². The largest absolute Gasteiger partial charge is 0.381 e. The minimum Gasteiger partial charge on any atom is -0.381 e. The van der Waals surface area contributed by atoms with Gasteiger partial charge in [-0.05, 0) is 25.5 Å². The van der Waals surface area contributed by atoms with Gasteiger partial charge in [0.05, 0.1) is 26.4 Å². The molecule has 2 fully saturated rings. The summed E-state index contributed by atoms with van der Waals surface area (Å²) in [6.07, 6.45) is 1.14. The SMILES string of the molecule is CN=C(NCc1ccc(C)s1)NCC(C1CCOC1)N1CCOCC1. The molecule has 0 amide bonds. The molecule has 0 aromatic carbocycles. The summed E-state index contributed by atoms with van der Waals surface area (Å²) in [4.78, 5) is 9.59. The van der Waals surface area contributed by atoms with Crippen molar-refractivity contribution in [1.29, 1.82) is 0 Å². The zero-order valence-corrected chi connectivity index (χ0v) is 16.1. The molecule has 3 heterocycles. The van der Waals surface area contributed by atoms with E-state index in [1.54, 1.807) is 0 Å². The monoisotopic (exact) mass is 366 g/mol. The second kappa shape index (κ2) is 9.52. The van der Waals surface area contributed by atoms with Crippen LogP contribution in [0.5, 0.6) is 0 Å². The Morgan fingerprint density at radius 3 is 2.76 bits per heavy atom. The molecule has 3 rings (SSSR count). The van der Waals surface area contributed by atoms with E-state index in [9.17, 15) is 0 Å². The van der Waals surface area contributed by atoms with Gasteiger partial charge in [-0.1, -0.05) is 0 Å². The number of morpholine rings is 1. The second-order valence-electron chi connectivity index (χ2n) is 6.66. The summed E-state index contributed by atoms with van der Waals surface area (Å²) in [5.41, 5.74) is 0. The predicted molar refractivity (Wildman–Crippen MR) is 102 cm³/mol. The molecule has 2 aliphatic rings. The van der Waals surface area contributed by atoms with E-state index in [0.29, 0.717) is 12.0 Å². The van der Waals surface area contributed by atoms with Gasteiger partial charge in [-0.2, -0.15) is 0 Å². The molecule has 0 saturated carbocycles. The summed E-state index contributed by atoms with van der Waals surface area (Å²) in [5, 5.41) is 6.95. The van der Waals surface area contributed by atoms with Crippen molar-refractivity contribution < 1.29 is 9.47 Å². The van der Waals surface area contributed by atoms with Crippen molar-refractivity contribution in [2.45, 2.75) is 25.9 Å². The minimum atomic E-state index is 0.467. The van der Waals surface area contributed by atoms with Crippen molar-refractivity contribution in [3.63, 3.8) is 0 Å². The summed E-state index contributed by atoms with van der Waals surface area (Å²) >= 11 is 1.82.